The van der Waals surface area contributed by atoms with E-state index in [1.807, 2.05) is 37.3 Å². The summed E-state index contributed by atoms with van der Waals surface area (Å²) in [6.07, 6.45) is 1.01. The van der Waals surface area contributed by atoms with Gasteiger partial charge in [0.25, 0.3) is 0 Å². The van der Waals surface area contributed by atoms with Gasteiger partial charge in [0.15, 0.2) is 0 Å². The van der Waals surface area contributed by atoms with Crippen LogP contribution < -0.4 is 15.5 Å². The van der Waals surface area contributed by atoms with Gasteiger partial charge in [0.05, 0.1) is 0 Å². The van der Waals surface area contributed by atoms with Crippen LogP contribution in [0.1, 0.15) is 12.0 Å². The number of carbonyl (C=O) groups is 2. The molecule has 5 heteroatoms. The smallest absolute Gasteiger partial charge is 0.313 e. The highest BCUT2D eigenvalue weighted by molar-refractivity contribution is 6.39. The van der Waals surface area contributed by atoms with Crippen LogP contribution in [0, 0.1) is 12.8 Å². The van der Waals surface area contributed by atoms with Crippen molar-refractivity contribution >= 4 is 23.2 Å². The molecule has 1 saturated heterocycles. The lowest BCUT2D eigenvalue weighted by Gasteiger charge is -2.18. The molecule has 0 saturated carbocycles. The van der Waals surface area contributed by atoms with E-state index in [0.29, 0.717) is 18.2 Å². The highest BCUT2D eigenvalue weighted by Gasteiger charge is 2.24. The number of rotatable bonds is 4. The van der Waals surface area contributed by atoms with Crippen LogP contribution in [0.2, 0.25) is 0 Å². The van der Waals surface area contributed by atoms with E-state index in [0.717, 1.165) is 25.1 Å². The standard InChI is InChI=1S/C20H23N3O2/c1-15-7-9-17(10-8-15)22-20(25)19(24)21-13-16-11-12-23(14-16)18-5-3-2-4-6-18/h2-10,16H,11-14H2,1H3,(H,21,24)(H,22,25). The Hall–Kier alpha value is -2.82. The minimum absolute atomic E-state index is 0.358. The van der Waals surface area contributed by atoms with E-state index in [4.69, 9.17) is 0 Å². The minimum atomic E-state index is -0.623. The average Bonchev–Trinajstić information content (AvgIpc) is 3.11. The lowest BCUT2D eigenvalue weighted by atomic mass is 10.1. The van der Waals surface area contributed by atoms with E-state index in [1.54, 1.807) is 12.1 Å². The van der Waals surface area contributed by atoms with Crippen LogP contribution in [0.5, 0.6) is 0 Å². The van der Waals surface area contributed by atoms with Crippen LogP contribution in [-0.2, 0) is 9.59 Å². The summed E-state index contributed by atoms with van der Waals surface area (Å²) in [6.45, 7) is 4.35. The van der Waals surface area contributed by atoms with Gasteiger partial charge in [-0.05, 0) is 43.5 Å². The van der Waals surface area contributed by atoms with Gasteiger partial charge < -0.3 is 15.5 Å². The first kappa shape index (κ1) is 17.0. The number of aryl methyl sites for hydroxylation is 1. The molecule has 0 spiro atoms. The number of benzene rings is 2. The Balaban J connectivity index is 1.44. The highest BCUT2D eigenvalue weighted by atomic mass is 16.2. The Labute approximate surface area is 148 Å². The molecular formula is C20H23N3O2. The molecule has 1 unspecified atom stereocenters. The number of nitrogens with zero attached hydrogens (tertiary/aromatic N) is 1. The van der Waals surface area contributed by atoms with E-state index in [1.165, 1.54) is 5.69 Å². The minimum Gasteiger partial charge on any atom is -0.371 e. The molecule has 1 fully saturated rings. The summed E-state index contributed by atoms with van der Waals surface area (Å²) in [5.41, 5.74) is 2.93. The summed E-state index contributed by atoms with van der Waals surface area (Å²) >= 11 is 0. The first-order valence-electron chi connectivity index (χ1n) is 8.57. The molecule has 0 bridgehead atoms. The van der Waals surface area contributed by atoms with Crippen molar-refractivity contribution in [3.8, 4) is 0 Å². The Bertz CT molecular complexity index is 728. The third kappa shape index (κ3) is 4.59. The molecule has 25 heavy (non-hydrogen) atoms. The molecule has 2 aromatic rings. The van der Waals surface area contributed by atoms with Crippen molar-refractivity contribution in [2.24, 2.45) is 5.92 Å². The summed E-state index contributed by atoms with van der Waals surface area (Å²) in [4.78, 5) is 26.2. The van der Waals surface area contributed by atoms with Gasteiger partial charge in [0, 0.05) is 31.0 Å². The zero-order valence-corrected chi connectivity index (χ0v) is 14.4. The van der Waals surface area contributed by atoms with Gasteiger partial charge >= 0.3 is 11.8 Å². The molecule has 1 atom stereocenters. The van der Waals surface area contributed by atoms with Crippen molar-refractivity contribution in [3.63, 3.8) is 0 Å². The molecule has 0 radical (unpaired) electrons. The summed E-state index contributed by atoms with van der Waals surface area (Å²) in [7, 11) is 0. The zero-order chi connectivity index (χ0) is 17.6. The predicted molar refractivity (Wildman–Crippen MR) is 99.6 cm³/mol. The molecule has 2 amide bonds. The van der Waals surface area contributed by atoms with Crippen molar-refractivity contribution in [1.29, 1.82) is 0 Å². The average molecular weight is 337 g/mol. The van der Waals surface area contributed by atoms with Gasteiger partial charge in [-0.15, -0.1) is 0 Å². The number of hydrogen-bond acceptors (Lipinski definition) is 3. The van der Waals surface area contributed by atoms with E-state index >= 15 is 0 Å². The molecule has 130 valence electrons. The van der Waals surface area contributed by atoms with Gasteiger partial charge in [0.1, 0.15) is 0 Å². The zero-order valence-electron chi connectivity index (χ0n) is 14.4. The molecule has 0 aromatic heterocycles. The van der Waals surface area contributed by atoms with Crippen molar-refractivity contribution < 1.29 is 9.59 Å². The summed E-state index contributed by atoms with van der Waals surface area (Å²) < 4.78 is 0. The number of hydrogen-bond donors (Lipinski definition) is 2. The SMILES string of the molecule is Cc1ccc(NC(=O)C(=O)NCC2CCN(c3ccccc3)C2)cc1. The van der Waals surface area contributed by atoms with Crippen molar-refractivity contribution in [3.05, 3.63) is 60.2 Å². The van der Waals surface area contributed by atoms with Crippen LogP contribution in [0.15, 0.2) is 54.6 Å². The van der Waals surface area contributed by atoms with Crippen LogP contribution >= 0.6 is 0 Å². The van der Waals surface area contributed by atoms with Gasteiger partial charge in [-0.2, -0.15) is 0 Å². The first-order valence-corrected chi connectivity index (χ1v) is 8.57. The number of para-hydroxylation sites is 1. The Morgan fingerprint density at radius 2 is 1.76 bits per heavy atom. The molecule has 3 rings (SSSR count). The fourth-order valence-electron chi connectivity index (χ4n) is 3.01. The maximum atomic E-state index is 12.0. The topological polar surface area (TPSA) is 61.4 Å². The lowest BCUT2D eigenvalue weighted by Crippen LogP contribution is -2.38. The molecule has 2 N–H and O–H groups in total. The number of carbonyl (C=O) groups excluding carboxylic acids is 2. The molecule has 0 aliphatic carbocycles. The van der Waals surface area contributed by atoms with Crippen LogP contribution in [0.25, 0.3) is 0 Å². The molecule has 2 aromatic carbocycles. The van der Waals surface area contributed by atoms with Gasteiger partial charge in [-0.1, -0.05) is 35.9 Å². The number of amides is 2. The second-order valence-corrected chi connectivity index (χ2v) is 6.47. The maximum Gasteiger partial charge on any atom is 0.313 e. The van der Waals surface area contributed by atoms with Crippen LogP contribution in [0.4, 0.5) is 11.4 Å². The van der Waals surface area contributed by atoms with Crippen molar-refractivity contribution in [2.75, 3.05) is 29.9 Å². The largest absolute Gasteiger partial charge is 0.371 e. The van der Waals surface area contributed by atoms with Crippen LogP contribution in [0.3, 0.4) is 0 Å². The first-order chi connectivity index (χ1) is 12.1. The number of nitrogens with one attached hydrogen (secondary N) is 2. The monoisotopic (exact) mass is 337 g/mol. The van der Waals surface area contributed by atoms with Crippen molar-refractivity contribution in [1.82, 2.24) is 5.32 Å². The lowest BCUT2D eigenvalue weighted by molar-refractivity contribution is -0.136. The van der Waals surface area contributed by atoms with Gasteiger partial charge in [-0.3, -0.25) is 9.59 Å². The summed E-state index contributed by atoms with van der Waals surface area (Å²) in [5.74, 6) is -0.850. The van der Waals surface area contributed by atoms with E-state index < -0.39 is 11.8 Å². The van der Waals surface area contributed by atoms with E-state index in [2.05, 4.69) is 27.7 Å². The van der Waals surface area contributed by atoms with E-state index in [-0.39, 0.29) is 0 Å². The quantitative estimate of drug-likeness (QED) is 0.843. The number of anilines is 2. The fraction of sp³-hybridized carbons (Fsp3) is 0.300. The fourth-order valence-corrected chi connectivity index (χ4v) is 3.01. The predicted octanol–water partition coefficient (Wildman–Crippen LogP) is 2.58. The van der Waals surface area contributed by atoms with Gasteiger partial charge in [-0.25, -0.2) is 0 Å². The highest BCUT2D eigenvalue weighted by Crippen LogP contribution is 2.22. The summed E-state index contributed by atoms with van der Waals surface area (Å²) in [5, 5.41) is 5.37. The van der Waals surface area contributed by atoms with Gasteiger partial charge in [0.2, 0.25) is 0 Å². The molecule has 1 heterocycles. The van der Waals surface area contributed by atoms with Crippen molar-refractivity contribution in [2.45, 2.75) is 13.3 Å². The maximum absolute atomic E-state index is 12.0. The Morgan fingerprint density at radius 3 is 2.48 bits per heavy atom. The van der Waals surface area contributed by atoms with Crippen LogP contribution in [-0.4, -0.2) is 31.4 Å². The van der Waals surface area contributed by atoms with E-state index in [9.17, 15) is 9.59 Å². The second kappa shape index (κ2) is 7.83. The Kier molecular flexibility index (Phi) is 5.33. The third-order valence-electron chi connectivity index (χ3n) is 4.47. The molecular weight excluding hydrogens is 314 g/mol. The Morgan fingerprint density at radius 1 is 1.04 bits per heavy atom. The molecule has 1 aliphatic rings. The summed E-state index contributed by atoms with van der Waals surface area (Å²) in [6, 6.07) is 17.6. The normalized spacial score (nSPS) is 16.5. The third-order valence-corrected chi connectivity index (χ3v) is 4.47. The molecule has 5 nitrogen and oxygen atoms in total. The molecule has 1 aliphatic heterocycles. The second-order valence-electron chi connectivity index (χ2n) is 6.47.